The predicted octanol–water partition coefficient (Wildman–Crippen LogP) is 6.98. The molecule has 0 bridgehead atoms. The Morgan fingerprint density at radius 1 is 0.939 bits per heavy atom. The van der Waals surface area contributed by atoms with E-state index in [1.54, 1.807) is 30.3 Å². The summed E-state index contributed by atoms with van der Waals surface area (Å²) in [6, 6.07) is 15.2. The van der Waals surface area contributed by atoms with Crippen LogP contribution in [0.25, 0.3) is 0 Å². The summed E-state index contributed by atoms with van der Waals surface area (Å²) >= 11 is 0. The molecule has 0 spiro atoms. The number of rotatable bonds is 5. The van der Waals surface area contributed by atoms with Gasteiger partial charge in [-0.15, -0.1) is 0 Å². The summed E-state index contributed by atoms with van der Waals surface area (Å²) in [5.41, 5.74) is 6.82. The van der Waals surface area contributed by atoms with Crippen LogP contribution in [0, 0.1) is 6.92 Å². The van der Waals surface area contributed by atoms with E-state index in [9.17, 15) is 9.59 Å². The van der Waals surface area contributed by atoms with Crippen LogP contribution in [0.3, 0.4) is 0 Å². The van der Waals surface area contributed by atoms with E-state index in [1.807, 2.05) is 6.07 Å². The molecule has 0 saturated carbocycles. The minimum absolute atomic E-state index is 0.0432. The molecule has 0 unspecified atom stereocenters. The second kappa shape index (κ2) is 8.33. The highest BCUT2D eigenvalue weighted by atomic mass is 16.3. The van der Waals surface area contributed by atoms with Crippen molar-refractivity contribution in [1.29, 1.82) is 0 Å². The number of anilines is 1. The largest absolute Gasteiger partial charge is 0.456 e. The maximum atomic E-state index is 12.7. The second-order valence-electron chi connectivity index (χ2n) is 10.6. The fraction of sp³-hybridized carbons (Fsp3) is 0.379. The number of Topliss-reactive ketones (excluding diaryl/α,β-unsaturated/α-hetero) is 1. The highest BCUT2D eigenvalue weighted by Crippen LogP contribution is 2.46. The zero-order valence-electron chi connectivity index (χ0n) is 20.5. The van der Waals surface area contributed by atoms with E-state index in [-0.39, 0.29) is 28.3 Å². The fourth-order valence-corrected chi connectivity index (χ4v) is 4.75. The molecule has 3 aromatic rings. The Morgan fingerprint density at radius 2 is 1.61 bits per heavy atom. The Balaban J connectivity index is 1.55. The number of furan rings is 1. The number of nitrogens with one attached hydrogen (secondary N) is 1. The number of carbonyl (C=O) groups is 2. The fourth-order valence-electron chi connectivity index (χ4n) is 4.75. The minimum Gasteiger partial charge on any atom is -0.456 e. The maximum absolute atomic E-state index is 12.7. The molecule has 0 fully saturated rings. The van der Waals surface area contributed by atoms with Crippen molar-refractivity contribution in [3.63, 3.8) is 0 Å². The van der Waals surface area contributed by atoms with Crippen LogP contribution in [0.1, 0.15) is 96.4 Å². The molecule has 4 nitrogen and oxygen atoms in total. The van der Waals surface area contributed by atoms with Crippen molar-refractivity contribution in [3.05, 3.63) is 87.9 Å². The Bertz CT molecular complexity index is 1230. The average molecular weight is 444 g/mol. The quantitative estimate of drug-likeness (QED) is 0.433. The Labute approximate surface area is 196 Å². The lowest BCUT2D eigenvalue weighted by atomic mass is 9.62. The molecule has 1 amide bonds. The van der Waals surface area contributed by atoms with Crippen molar-refractivity contribution >= 4 is 17.4 Å². The molecule has 0 saturated heterocycles. The van der Waals surface area contributed by atoms with E-state index in [0.29, 0.717) is 17.7 Å². The summed E-state index contributed by atoms with van der Waals surface area (Å²) in [6.07, 6.45) is 3.01. The van der Waals surface area contributed by atoms with Crippen LogP contribution in [0.5, 0.6) is 0 Å². The van der Waals surface area contributed by atoms with Gasteiger partial charge in [0.05, 0.1) is 0 Å². The molecule has 1 aliphatic rings. The van der Waals surface area contributed by atoms with Crippen LogP contribution in [0.2, 0.25) is 0 Å². The molecule has 33 heavy (non-hydrogen) atoms. The van der Waals surface area contributed by atoms with Crippen LogP contribution in [-0.2, 0) is 17.3 Å². The average Bonchev–Trinajstić information content (AvgIpc) is 3.21. The highest BCUT2D eigenvalue weighted by Gasteiger charge is 2.37. The summed E-state index contributed by atoms with van der Waals surface area (Å²) in [4.78, 5) is 24.3. The predicted molar refractivity (Wildman–Crippen MR) is 132 cm³/mol. The molecule has 4 heteroatoms. The molecule has 1 aliphatic carbocycles. The number of amides is 1. The number of ketones is 1. The van der Waals surface area contributed by atoms with Gasteiger partial charge in [0.1, 0.15) is 5.76 Å². The topological polar surface area (TPSA) is 59.3 Å². The van der Waals surface area contributed by atoms with Gasteiger partial charge >= 0.3 is 0 Å². The summed E-state index contributed by atoms with van der Waals surface area (Å²) in [6.45, 7) is 13.0. The third kappa shape index (κ3) is 4.66. The Hall–Kier alpha value is -3.14. The number of hydrogen-bond donors (Lipinski definition) is 1. The van der Waals surface area contributed by atoms with E-state index in [0.717, 1.165) is 5.76 Å². The number of carbonyl (C=O) groups excluding carboxylic acids is 2. The van der Waals surface area contributed by atoms with Crippen molar-refractivity contribution in [2.24, 2.45) is 0 Å². The van der Waals surface area contributed by atoms with Gasteiger partial charge in [-0.1, -0.05) is 52.0 Å². The lowest BCUT2D eigenvalue weighted by Gasteiger charge is -2.42. The smallest absolute Gasteiger partial charge is 0.291 e. The first kappa shape index (κ1) is 23.0. The Morgan fingerprint density at radius 3 is 2.27 bits per heavy atom. The van der Waals surface area contributed by atoms with Crippen molar-refractivity contribution < 1.29 is 14.0 Å². The van der Waals surface area contributed by atoms with Gasteiger partial charge in [0, 0.05) is 17.7 Å². The molecular weight excluding hydrogens is 410 g/mol. The molecule has 1 N–H and O–H groups in total. The molecule has 1 aromatic heterocycles. The molecule has 1 heterocycles. The zero-order valence-corrected chi connectivity index (χ0v) is 20.5. The van der Waals surface area contributed by atoms with Gasteiger partial charge in [-0.05, 0) is 84.0 Å². The first-order valence-corrected chi connectivity index (χ1v) is 11.6. The molecule has 0 aliphatic heterocycles. The SMILES string of the molecule is CC(=O)c1cccc(NC(=O)c2ccc(Cc3cc4c(cc3C)C(C)(C)CCC4(C)C)o2)c1. The van der Waals surface area contributed by atoms with Crippen molar-refractivity contribution in [2.75, 3.05) is 5.32 Å². The third-order valence-corrected chi connectivity index (χ3v) is 7.09. The normalized spacial score (nSPS) is 16.2. The first-order chi connectivity index (χ1) is 15.5. The summed E-state index contributed by atoms with van der Waals surface area (Å²) in [5, 5.41) is 2.82. The van der Waals surface area contributed by atoms with Crippen LogP contribution >= 0.6 is 0 Å². The standard InChI is InChI=1S/C29H33NO3/c1-18-14-24-25(29(5,6)13-12-28(24,3)4)17-21(18)16-23-10-11-26(33-23)27(32)30-22-9-7-8-20(15-22)19(2)31/h7-11,14-15,17H,12-13,16H2,1-6H3,(H,30,32). The first-order valence-electron chi connectivity index (χ1n) is 11.6. The van der Waals surface area contributed by atoms with Gasteiger partial charge in [-0.2, -0.15) is 0 Å². The number of benzene rings is 2. The van der Waals surface area contributed by atoms with Crippen molar-refractivity contribution in [3.8, 4) is 0 Å². The van der Waals surface area contributed by atoms with Crippen molar-refractivity contribution in [2.45, 2.75) is 71.6 Å². The summed E-state index contributed by atoms with van der Waals surface area (Å²) in [5.74, 6) is 0.647. The van der Waals surface area contributed by atoms with Crippen LogP contribution in [0.15, 0.2) is 52.9 Å². The van der Waals surface area contributed by atoms with Crippen molar-refractivity contribution in [1.82, 2.24) is 0 Å². The van der Waals surface area contributed by atoms with Crippen LogP contribution in [0.4, 0.5) is 5.69 Å². The van der Waals surface area contributed by atoms with E-state index in [2.05, 4.69) is 52.1 Å². The number of fused-ring (bicyclic) bond motifs is 1. The van der Waals surface area contributed by atoms with Gasteiger partial charge in [0.2, 0.25) is 0 Å². The molecule has 0 radical (unpaired) electrons. The highest BCUT2D eigenvalue weighted by molar-refractivity contribution is 6.03. The summed E-state index contributed by atoms with van der Waals surface area (Å²) < 4.78 is 5.91. The number of hydrogen-bond acceptors (Lipinski definition) is 3. The van der Waals surface area contributed by atoms with Gasteiger partial charge in [-0.3, -0.25) is 9.59 Å². The van der Waals surface area contributed by atoms with Gasteiger partial charge in [0.15, 0.2) is 11.5 Å². The molecule has 2 aromatic carbocycles. The third-order valence-electron chi connectivity index (χ3n) is 7.09. The molecular formula is C29H33NO3. The Kier molecular flexibility index (Phi) is 5.81. The van der Waals surface area contributed by atoms with E-state index >= 15 is 0 Å². The van der Waals surface area contributed by atoms with E-state index < -0.39 is 0 Å². The summed E-state index contributed by atoms with van der Waals surface area (Å²) in [7, 11) is 0. The monoisotopic (exact) mass is 443 g/mol. The second-order valence-corrected chi connectivity index (χ2v) is 10.6. The zero-order chi connectivity index (χ0) is 24.0. The van der Waals surface area contributed by atoms with Gasteiger partial charge < -0.3 is 9.73 Å². The number of aryl methyl sites for hydroxylation is 1. The maximum Gasteiger partial charge on any atom is 0.291 e. The van der Waals surface area contributed by atoms with Gasteiger partial charge in [-0.25, -0.2) is 0 Å². The molecule has 4 rings (SSSR count). The van der Waals surface area contributed by atoms with E-state index in [1.165, 1.54) is 42.0 Å². The van der Waals surface area contributed by atoms with Crippen LogP contribution in [-0.4, -0.2) is 11.7 Å². The minimum atomic E-state index is -0.327. The molecule has 172 valence electrons. The molecule has 0 atom stereocenters. The lowest BCUT2D eigenvalue weighted by Crippen LogP contribution is -2.34. The van der Waals surface area contributed by atoms with Gasteiger partial charge in [0.25, 0.3) is 5.91 Å². The lowest BCUT2D eigenvalue weighted by molar-refractivity contribution is 0.0990. The van der Waals surface area contributed by atoms with E-state index in [4.69, 9.17) is 4.42 Å². The van der Waals surface area contributed by atoms with Crippen LogP contribution < -0.4 is 5.32 Å².